The monoisotopic (exact) mass is 540 g/mol. The molecule has 2 aromatic heterocycles. The van der Waals surface area contributed by atoms with Gasteiger partial charge in [0.05, 0.1) is 12.8 Å². The number of H-pyrrole nitrogens is 2. The van der Waals surface area contributed by atoms with E-state index < -0.39 is 12.1 Å². The molecule has 0 spiro atoms. The Morgan fingerprint density at radius 1 is 0.667 bits per heavy atom. The van der Waals surface area contributed by atoms with Crippen LogP contribution in [0.5, 0.6) is 0 Å². The first-order valence-electron chi connectivity index (χ1n) is 11.2. The standard InChI is InChI=1S/C22H18N8O2.C2HF3O2/c31-21(23-15-5-7-17-19(11-15)27-29-25-17)9-13-1-2-14(4-3-13)10-22(32)24-16-6-8-18-20(12-16)28-30-26-18;3-2(4,5)1(6)7/h1-8,11-12H,9-10H2,(H,23,31)(H,24,32)(H,25,27,29)(H,26,28,30);(H,6,7). The van der Waals surface area contributed by atoms with E-state index in [2.05, 4.69) is 41.5 Å². The molecule has 0 saturated heterocycles. The molecule has 39 heavy (non-hydrogen) atoms. The second-order valence-corrected chi connectivity index (χ2v) is 8.12. The molecule has 0 atom stereocenters. The quantitative estimate of drug-likeness (QED) is 0.218. The minimum absolute atomic E-state index is 0.137. The highest BCUT2D eigenvalue weighted by Crippen LogP contribution is 2.17. The number of fused-ring (bicyclic) bond motifs is 2. The number of hydrogen-bond donors (Lipinski definition) is 5. The first-order chi connectivity index (χ1) is 18.6. The van der Waals surface area contributed by atoms with E-state index in [0.29, 0.717) is 22.4 Å². The normalized spacial score (nSPS) is 11.1. The number of aromatic nitrogens is 6. The van der Waals surface area contributed by atoms with Crippen molar-refractivity contribution in [3.8, 4) is 0 Å². The van der Waals surface area contributed by atoms with Crippen molar-refractivity contribution in [3.05, 3.63) is 71.8 Å². The van der Waals surface area contributed by atoms with E-state index in [-0.39, 0.29) is 24.7 Å². The third-order valence-corrected chi connectivity index (χ3v) is 5.19. The number of anilines is 2. The van der Waals surface area contributed by atoms with E-state index in [1.807, 2.05) is 24.3 Å². The summed E-state index contributed by atoms with van der Waals surface area (Å²) in [6, 6.07) is 18.1. The number of rotatable bonds is 6. The number of nitrogens with zero attached hydrogens (tertiary/aromatic N) is 4. The van der Waals surface area contributed by atoms with E-state index in [0.717, 1.165) is 22.2 Å². The van der Waals surface area contributed by atoms with Gasteiger partial charge < -0.3 is 15.7 Å². The first kappa shape index (κ1) is 26.7. The summed E-state index contributed by atoms with van der Waals surface area (Å²) in [5, 5.41) is 33.9. The van der Waals surface area contributed by atoms with Gasteiger partial charge in [-0.2, -0.15) is 44.0 Å². The number of aromatic amines is 2. The van der Waals surface area contributed by atoms with Crippen LogP contribution in [0.15, 0.2) is 60.7 Å². The topological polar surface area (TPSA) is 179 Å². The summed E-state index contributed by atoms with van der Waals surface area (Å²) in [5.41, 5.74) is 5.87. The third-order valence-electron chi connectivity index (χ3n) is 5.19. The zero-order chi connectivity index (χ0) is 28.0. The van der Waals surface area contributed by atoms with Gasteiger partial charge in [-0.25, -0.2) is 4.79 Å². The van der Waals surface area contributed by atoms with Crippen molar-refractivity contribution >= 4 is 51.2 Å². The summed E-state index contributed by atoms with van der Waals surface area (Å²) >= 11 is 0. The lowest BCUT2D eigenvalue weighted by Gasteiger charge is -2.07. The summed E-state index contributed by atoms with van der Waals surface area (Å²) in [7, 11) is 0. The van der Waals surface area contributed by atoms with Crippen molar-refractivity contribution in [1.82, 2.24) is 30.8 Å². The van der Waals surface area contributed by atoms with Crippen molar-refractivity contribution < 1.29 is 32.7 Å². The second-order valence-electron chi connectivity index (χ2n) is 8.12. The maximum absolute atomic E-state index is 12.4. The van der Waals surface area contributed by atoms with E-state index >= 15 is 0 Å². The number of carbonyl (C=O) groups excluding carboxylic acids is 2. The third kappa shape index (κ3) is 7.34. The van der Waals surface area contributed by atoms with Crippen LogP contribution in [0.25, 0.3) is 22.1 Å². The summed E-state index contributed by atoms with van der Waals surface area (Å²) in [6.45, 7) is 0. The molecule has 5 N–H and O–H groups in total. The van der Waals surface area contributed by atoms with Crippen LogP contribution in [0, 0.1) is 0 Å². The molecule has 0 fully saturated rings. The maximum Gasteiger partial charge on any atom is 0.490 e. The average molecular weight is 540 g/mol. The lowest BCUT2D eigenvalue weighted by Crippen LogP contribution is -2.21. The first-order valence-corrected chi connectivity index (χ1v) is 11.2. The van der Waals surface area contributed by atoms with Crippen LogP contribution < -0.4 is 10.6 Å². The smallest absolute Gasteiger partial charge is 0.475 e. The van der Waals surface area contributed by atoms with E-state index in [1.54, 1.807) is 36.4 Å². The molecule has 15 heteroatoms. The van der Waals surface area contributed by atoms with E-state index in [1.165, 1.54) is 0 Å². The van der Waals surface area contributed by atoms with Gasteiger partial charge in [0.25, 0.3) is 0 Å². The van der Waals surface area contributed by atoms with Gasteiger partial charge in [-0.1, -0.05) is 24.3 Å². The Bertz CT molecular complexity index is 1520. The minimum Gasteiger partial charge on any atom is -0.475 e. The molecule has 0 aliphatic carbocycles. The summed E-state index contributed by atoms with van der Waals surface area (Å²) in [4.78, 5) is 33.6. The maximum atomic E-state index is 12.4. The number of halogens is 3. The van der Waals surface area contributed by atoms with Gasteiger partial charge in [-0.15, -0.1) is 0 Å². The zero-order valence-electron chi connectivity index (χ0n) is 19.8. The molecule has 2 heterocycles. The van der Waals surface area contributed by atoms with E-state index in [4.69, 9.17) is 9.90 Å². The highest BCUT2D eigenvalue weighted by molar-refractivity contribution is 5.95. The highest BCUT2D eigenvalue weighted by atomic mass is 19.4. The molecule has 2 amide bonds. The van der Waals surface area contributed by atoms with Crippen molar-refractivity contribution in [2.24, 2.45) is 0 Å². The van der Waals surface area contributed by atoms with Crippen molar-refractivity contribution in [2.75, 3.05) is 10.6 Å². The van der Waals surface area contributed by atoms with Gasteiger partial charge in [-0.3, -0.25) is 9.59 Å². The molecule has 5 rings (SSSR count). The summed E-state index contributed by atoms with van der Waals surface area (Å²) in [5.74, 6) is -3.03. The van der Waals surface area contributed by atoms with Gasteiger partial charge >= 0.3 is 12.1 Å². The second kappa shape index (κ2) is 11.4. The van der Waals surface area contributed by atoms with Crippen LogP contribution in [0.3, 0.4) is 0 Å². The van der Waals surface area contributed by atoms with E-state index in [9.17, 15) is 22.8 Å². The molecule has 12 nitrogen and oxygen atoms in total. The number of alkyl halides is 3. The fourth-order valence-corrected chi connectivity index (χ4v) is 3.39. The SMILES string of the molecule is O=C(Cc1ccc(CC(=O)Nc2ccc3n[nH]nc3c2)cc1)Nc1ccc2n[nH]nc2c1.O=C(O)C(F)(F)F. The Hall–Kier alpha value is -5.34. The van der Waals surface area contributed by atoms with Crippen LogP contribution in [-0.4, -0.2) is 59.9 Å². The lowest BCUT2D eigenvalue weighted by atomic mass is 10.1. The van der Waals surface area contributed by atoms with Crippen molar-refractivity contribution in [3.63, 3.8) is 0 Å². The Balaban J connectivity index is 0.000000448. The van der Waals surface area contributed by atoms with Crippen LogP contribution >= 0.6 is 0 Å². The summed E-state index contributed by atoms with van der Waals surface area (Å²) < 4.78 is 31.7. The number of aliphatic carboxylic acids is 1. The largest absolute Gasteiger partial charge is 0.490 e. The van der Waals surface area contributed by atoms with Gasteiger partial charge in [0, 0.05) is 11.4 Å². The number of benzene rings is 3. The molecular formula is C24H19F3N8O4. The van der Waals surface area contributed by atoms with Crippen LogP contribution in [-0.2, 0) is 27.2 Å². The molecule has 5 aromatic rings. The minimum atomic E-state index is -5.08. The predicted molar refractivity (Wildman–Crippen MR) is 133 cm³/mol. The zero-order valence-corrected chi connectivity index (χ0v) is 19.8. The molecule has 0 aliphatic heterocycles. The number of amides is 2. The molecular weight excluding hydrogens is 521 g/mol. The number of carboxylic acids is 1. The molecule has 0 unspecified atom stereocenters. The Morgan fingerprint density at radius 2 is 1.03 bits per heavy atom. The van der Waals surface area contributed by atoms with Gasteiger partial charge in [0.1, 0.15) is 22.1 Å². The fourth-order valence-electron chi connectivity index (χ4n) is 3.39. The Morgan fingerprint density at radius 3 is 1.38 bits per heavy atom. The lowest BCUT2D eigenvalue weighted by molar-refractivity contribution is -0.192. The van der Waals surface area contributed by atoms with Gasteiger partial charge in [0.15, 0.2) is 0 Å². The predicted octanol–water partition coefficient (Wildman–Crippen LogP) is 3.22. The van der Waals surface area contributed by atoms with Crippen molar-refractivity contribution in [2.45, 2.75) is 19.0 Å². The number of hydrogen-bond acceptors (Lipinski definition) is 7. The van der Waals surface area contributed by atoms with Gasteiger partial charge in [0.2, 0.25) is 11.8 Å². The number of carbonyl (C=O) groups is 3. The molecule has 0 radical (unpaired) electrons. The highest BCUT2D eigenvalue weighted by Gasteiger charge is 2.38. The molecule has 0 bridgehead atoms. The fraction of sp³-hybridized carbons (Fsp3) is 0.125. The number of nitrogens with one attached hydrogen (secondary N) is 4. The molecule has 0 aliphatic rings. The van der Waals surface area contributed by atoms with Crippen LogP contribution in [0.1, 0.15) is 11.1 Å². The molecule has 200 valence electrons. The Kier molecular flexibility index (Phi) is 7.79. The van der Waals surface area contributed by atoms with Crippen LogP contribution in [0.4, 0.5) is 24.5 Å². The summed E-state index contributed by atoms with van der Waals surface area (Å²) in [6.07, 6.45) is -4.64. The van der Waals surface area contributed by atoms with Crippen LogP contribution in [0.2, 0.25) is 0 Å². The number of carboxylic acid groups (broad SMARTS) is 1. The van der Waals surface area contributed by atoms with Crippen molar-refractivity contribution in [1.29, 1.82) is 0 Å². The van der Waals surface area contributed by atoms with Gasteiger partial charge in [-0.05, 0) is 47.5 Å². The molecule has 3 aromatic carbocycles. The average Bonchev–Trinajstić information content (AvgIpc) is 3.53. The molecule has 0 saturated carbocycles. The Labute approximate surface area is 216 Å².